The molecule has 0 radical (unpaired) electrons. The number of nitrogens with one attached hydrogen (secondary N) is 2. The zero-order chi connectivity index (χ0) is 25.5. The van der Waals surface area contributed by atoms with Crippen LogP contribution in [-0.2, 0) is 16.0 Å². The Labute approximate surface area is 211 Å². The molecule has 188 valence electrons. The first-order chi connectivity index (χ1) is 17.4. The molecule has 1 aromatic heterocycles. The number of anilines is 1. The summed E-state index contributed by atoms with van der Waals surface area (Å²) in [6.45, 7) is 6.40. The lowest BCUT2D eigenvalue weighted by Crippen LogP contribution is -2.56. The molecule has 1 aliphatic rings. The molecule has 1 aliphatic heterocycles. The Balaban J connectivity index is 1.34. The summed E-state index contributed by atoms with van der Waals surface area (Å²) in [5, 5.41) is 5.84. The van der Waals surface area contributed by atoms with Gasteiger partial charge in [-0.1, -0.05) is 42.5 Å². The minimum Gasteiger partial charge on any atom is -0.459 e. The number of rotatable bonds is 8. The number of hydrogen-bond donors (Lipinski definition) is 2. The molecule has 0 spiro atoms. The van der Waals surface area contributed by atoms with E-state index in [4.69, 9.17) is 4.42 Å². The van der Waals surface area contributed by atoms with Gasteiger partial charge >= 0.3 is 0 Å². The fourth-order valence-corrected chi connectivity index (χ4v) is 4.31. The predicted molar refractivity (Wildman–Crippen MR) is 138 cm³/mol. The molecule has 2 aromatic carbocycles. The Morgan fingerprint density at radius 2 is 1.67 bits per heavy atom. The van der Waals surface area contributed by atoms with E-state index in [2.05, 4.69) is 10.6 Å². The molecular weight excluding hydrogens is 456 g/mol. The van der Waals surface area contributed by atoms with Crippen LogP contribution in [0.3, 0.4) is 0 Å². The predicted octanol–water partition coefficient (Wildman–Crippen LogP) is 3.02. The van der Waals surface area contributed by atoms with Crippen LogP contribution < -0.4 is 10.6 Å². The molecule has 2 N–H and O–H groups in total. The van der Waals surface area contributed by atoms with Crippen molar-refractivity contribution in [1.82, 2.24) is 15.1 Å². The Morgan fingerprint density at radius 1 is 0.917 bits per heavy atom. The number of aryl methyl sites for hydroxylation is 1. The van der Waals surface area contributed by atoms with Crippen molar-refractivity contribution in [2.24, 2.45) is 0 Å². The molecular formula is C28H32N4O4. The van der Waals surface area contributed by atoms with Crippen LogP contribution in [0.15, 0.2) is 71.3 Å². The summed E-state index contributed by atoms with van der Waals surface area (Å²) >= 11 is 0. The summed E-state index contributed by atoms with van der Waals surface area (Å²) < 4.78 is 5.20. The van der Waals surface area contributed by atoms with Crippen LogP contribution in [0.1, 0.15) is 27.2 Å². The minimum atomic E-state index is -0.718. The van der Waals surface area contributed by atoms with E-state index in [1.807, 2.05) is 67.3 Å². The maximum Gasteiger partial charge on any atom is 0.287 e. The maximum atomic E-state index is 13.4. The van der Waals surface area contributed by atoms with Crippen molar-refractivity contribution >= 4 is 23.4 Å². The van der Waals surface area contributed by atoms with Crippen molar-refractivity contribution in [3.05, 3.63) is 89.4 Å². The first-order valence-electron chi connectivity index (χ1n) is 12.2. The molecule has 3 amide bonds. The second-order valence-corrected chi connectivity index (χ2v) is 9.09. The lowest BCUT2D eigenvalue weighted by atomic mass is 10.0. The van der Waals surface area contributed by atoms with Crippen LogP contribution in [0, 0.1) is 13.8 Å². The van der Waals surface area contributed by atoms with Gasteiger partial charge in [-0.25, -0.2) is 0 Å². The number of carbonyl (C=O) groups is 3. The van der Waals surface area contributed by atoms with Crippen LogP contribution in [-0.4, -0.2) is 66.3 Å². The molecule has 1 atom stereocenters. The summed E-state index contributed by atoms with van der Waals surface area (Å²) in [5.74, 6) is -0.467. The number of nitrogens with zero attached hydrogens (tertiary/aromatic N) is 2. The van der Waals surface area contributed by atoms with Crippen molar-refractivity contribution in [1.29, 1.82) is 0 Å². The van der Waals surface area contributed by atoms with Crippen LogP contribution in [0.2, 0.25) is 0 Å². The highest BCUT2D eigenvalue weighted by atomic mass is 16.3. The summed E-state index contributed by atoms with van der Waals surface area (Å²) in [4.78, 5) is 42.5. The van der Waals surface area contributed by atoms with Crippen molar-refractivity contribution in [2.45, 2.75) is 26.3 Å². The quantitative estimate of drug-likeness (QED) is 0.508. The fraction of sp³-hybridized carbons (Fsp3) is 0.321. The van der Waals surface area contributed by atoms with Gasteiger partial charge in [0.2, 0.25) is 11.8 Å². The van der Waals surface area contributed by atoms with E-state index in [0.29, 0.717) is 32.6 Å². The number of piperazine rings is 1. The summed E-state index contributed by atoms with van der Waals surface area (Å²) in [6.07, 6.45) is 1.81. The Bertz CT molecular complexity index is 1190. The van der Waals surface area contributed by atoms with E-state index in [1.165, 1.54) is 6.26 Å². The van der Waals surface area contributed by atoms with E-state index < -0.39 is 11.9 Å². The highest BCUT2D eigenvalue weighted by Crippen LogP contribution is 2.18. The second-order valence-electron chi connectivity index (χ2n) is 9.09. The lowest BCUT2D eigenvalue weighted by molar-refractivity contribution is -0.135. The molecule has 1 saturated heterocycles. The van der Waals surface area contributed by atoms with Crippen LogP contribution >= 0.6 is 0 Å². The van der Waals surface area contributed by atoms with Gasteiger partial charge in [0.05, 0.1) is 12.8 Å². The van der Waals surface area contributed by atoms with Gasteiger partial charge in [-0.3, -0.25) is 19.3 Å². The zero-order valence-electron chi connectivity index (χ0n) is 20.7. The molecule has 36 heavy (non-hydrogen) atoms. The van der Waals surface area contributed by atoms with Gasteiger partial charge < -0.3 is 20.0 Å². The maximum absolute atomic E-state index is 13.4. The average molecular weight is 489 g/mol. The van der Waals surface area contributed by atoms with Gasteiger partial charge in [-0.2, -0.15) is 0 Å². The number of amides is 3. The first kappa shape index (κ1) is 25.2. The third-order valence-electron chi connectivity index (χ3n) is 6.56. The topological polar surface area (TPSA) is 94.9 Å². The molecule has 1 fully saturated rings. The average Bonchev–Trinajstić information content (AvgIpc) is 3.42. The molecule has 3 aromatic rings. The van der Waals surface area contributed by atoms with E-state index in [1.54, 1.807) is 17.0 Å². The van der Waals surface area contributed by atoms with Crippen molar-refractivity contribution < 1.29 is 18.8 Å². The number of benzene rings is 2. The zero-order valence-corrected chi connectivity index (χ0v) is 20.7. The summed E-state index contributed by atoms with van der Waals surface area (Å²) in [6, 6.07) is 17.9. The number of hydrogen-bond acceptors (Lipinski definition) is 5. The van der Waals surface area contributed by atoms with Crippen molar-refractivity contribution in [3.8, 4) is 0 Å². The van der Waals surface area contributed by atoms with Crippen LogP contribution in [0.4, 0.5) is 5.69 Å². The van der Waals surface area contributed by atoms with Gasteiger partial charge in [-0.15, -0.1) is 0 Å². The van der Waals surface area contributed by atoms with Crippen molar-refractivity contribution in [2.75, 3.05) is 38.0 Å². The van der Waals surface area contributed by atoms with Crippen LogP contribution in [0.25, 0.3) is 0 Å². The van der Waals surface area contributed by atoms with Crippen molar-refractivity contribution in [3.63, 3.8) is 0 Å². The summed E-state index contributed by atoms with van der Waals surface area (Å²) in [7, 11) is 0. The SMILES string of the molecule is Cc1cccc(NC(=O)CN2CCN(C(=O)[C@H](Cc3ccccc3)NC(=O)c3ccco3)CC2)c1C. The highest BCUT2D eigenvalue weighted by molar-refractivity contribution is 5.95. The standard InChI is InChI=1S/C28H32N4O4/c1-20-8-6-11-23(21(20)2)29-26(33)19-31-13-15-32(16-14-31)28(35)24(18-22-9-4-3-5-10-22)30-27(34)25-12-7-17-36-25/h3-12,17,24H,13-16,18-19H2,1-2H3,(H,29,33)(H,30,34)/t24-/m0/s1. The first-order valence-corrected chi connectivity index (χ1v) is 12.2. The summed E-state index contributed by atoms with van der Waals surface area (Å²) in [5.41, 5.74) is 3.97. The molecule has 4 rings (SSSR count). The number of furan rings is 1. The van der Waals surface area contributed by atoms with E-state index in [9.17, 15) is 14.4 Å². The fourth-order valence-electron chi connectivity index (χ4n) is 4.31. The molecule has 0 bridgehead atoms. The smallest absolute Gasteiger partial charge is 0.287 e. The van der Waals surface area contributed by atoms with Gasteiger partial charge in [0.25, 0.3) is 5.91 Å². The van der Waals surface area contributed by atoms with Gasteiger partial charge in [0.1, 0.15) is 6.04 Å². The third-order valence-corrected chi connectivity index (χ3v) is 6.56. The highest BCUT2D eigenvalue weighted by Gasteiger charge is 2.30. The largest absolute Gasteiger partial charge is 0.459 e. The molecule has 8 heteroatoms. The second kappa shape index (κ2) is 11.7. The van der Waals surface area contributed by atoms with Gasteiger partial charge in [0, 0.05) is 38.3 Å². The molecule has 0 saturated carbocycles. The van der Waals surface area contributed by atoms with E-state index in [-0.39, 0.29) is 24.1 Å². The molecule has 0 unspecified atom stereocenters. The molecule has 8 nitrogen and oxygen atoms in total. The van der Waals surface area contributed by atoms with Gasteiger partial charge in [-0.05, 0) is 48.7 Å². The molecule has 2 heterocycles. The molecule has 0 aliphatic carbocycles. The monoisotopic (exact) mass is 488 g/mol. The Kier molecular flexibility index (Phi) is 8.17. The Hall–Kier alpha value is -3.91. The van der Waals surface area contributed by atoms with Gasteiger partial charge in [0.15, 0.2) is 5.76 Å². The number of carbonyl (C=O) groups excluding carboxylic acids is 3. The minimum absolute atomic E-state index is 0.0730. The normalized spacial score (nSPS) is 14.8. The van der Waals surface area contributed by atoms with E-state index in [0.717, 1.165) is 22.4 Å². The van der Waals surface area contributed by atoms with E-state index >= 15 is 0 Å². The lowest BCUT2D eigenvalue weighted by Gasteiger charge is -2.36. The Morgan fingerprint density at radius 3 is 2.36 bits per heavy atom. The van der Waals surface area contributed by atoms with Crippen LogP contribution in [0.5, 0.6) is 0 Å². The third kappa shape index (κ3) is 6.40.